The number of halogens is 1. The van der Waals surface area contributed by atoms with Gasteiger partial charge in [0.25, 0.3) is 0 Å². The third-order valence-corrected chi connectivity index (χ3v) is 6.60. The molecule has 0 aliphatic carbocycles. The number of para-hydroxylation sites is 1. The van der Waals surface area contributed by atoms with E-state index in [0.717, 1.165) is 12.0 Å². The molecule has 0 fully saturated rings. The summed E-state index contributed by atoms with van der Waals surface area (Å²) in [6.07, 6.45) is 0.717. The van der Waals surface area contributed by atoms with Crippen LogP contribution in [0.2, 0.25) is 5.02 Å². The Hall–Kier alpha value is -3.29. The molecular formula is C26H25ClN4O2S. The van der Waals surface area contributed by atoms with E-state index in [1.165, 1.54) is 17.3 Å². The van der Waals surface area contributed by atoms with Crippen molar-refractivity contribution >= 4 is 29.3 Å². The van der Waals surface area contributed by atoms with E-state index in [1.54, 1.807) is 12.1 Å². The van der Waals surface area contributed by atoms with Gasteiger partial charge in [0.05, 0.1) is 16.8 Å². The van der Waals surface area contributed by atoms with Gasteiger partial charge in [-0.3, -0.25) is 4.79 Å². The lowest BCUT2D eigenvalue weighted by molar-refractivity contribution is -0.119. The van der Waals surface area contributed by atoms with E-state index >= 15 is 0 Å². The van der Waals surface area contributed by atoms with Gasteiger partial charge in [-0.25, -0.2) is 0 Å². The fourth-order valence-electron chi connectivity index (χ4n) is 3.45. The lowest BCUT2D eigenvalue weighted by Crippen LogP contribution is -2.31. The number of aromatic nitrogens is 3. The predicted molar refractivity (Wildman–Crippen MR) is 135 cm³/mol. The number of nitrogens with one attached hydrogen (secondary N) is 1. The molecule has 1 heterocycles. The van der Waals surface area contributed by atoms with E-state index in [1.807, 2.05) is 72.3 Å². The molecular weight excluding hydrogens is 468 g/mol. The summed E-state index contributed by atoms with van der Waals surface area (Å²) in [4.78, 5) is 12.8. The van der Waals surface area contributed by atoms with E-state index in [0.29, 0.717) is 21.8 Å². The Kier molecular flexibility index (Phi) is 8.22. The summed E-state index contributed by atoms with van der Waals surface area (Å²) in [6.45, 7) is 0.229. The second-order valence-electron chi connectivity index (χ2n) is 7.69. The summed E-state index contributed by atoms with van der Waals surface area (Å²) in [5.74, 6) is 1.40. The zero-order valence-corrected chi connectivity index (χ0v) is 20.3. The third-order valence-electron chi connectivity index (χ3n) is 5.27. The first kappa shape index (κ1) is 23.9. The molecule has 4 aromatic rings. The zero-order chi connectivity index (χ0) is 23.8. The topological polar surface area (TPSA) is 69.0 Å². The monoisotopic (exact) mass is 492 g/mol. The fourth-order valence-corrected chi connectivity index (χ4v) is 4.39. The Morgan fingerprint density at radius 2 is 1.68 bits per heavy atom. The van der Waals surface area contributed by atoms with E-state index in [2.05, 4.69) is 27.6 Å². The molecule has 8 heteroatoms. The molecule has 1 amide bonds. The number of hydrogen-bond acceptors (Lipinski definition) is 5. The number of thioether (sulfide) groups is 1. The smallest absolute Gasteiger partial charge is 0.230 e. The molecule has 1 unspecified atom stereocenters. The standard InChI is InChI=1S/C26H25ClN4O2S/c1-31-24(17-33-23-15-9-8-14-21(23)27)29-30-26(31)34-18-25(32)28-22(20-12-6-3-7-13-20)16-19-10-4-2-5-11-19/h2-15,22H,16-18H2,1H3,(H,28,32). The molecule has 1 N–H and O–H groups in total. The highest BCUT2D eigenvalue weighted by atomic mass is 35.5. The minimum Gasteiger partial charge on any atom is -0.484 e. The van der Waals surface area contributed by atoms with Crippen molar-refractivity contribution in [1.29, 1.82) is 0 Å². The van der Waals surface area contributed by atoms with E-state index < -0.39 is 0 Å². The van der Waals surface area contributed by atoms with Crippen LogP contribution in [-0.2, 0) is 24.9 Å². The molecule has 174 valence electrons. The van der Waals surface area contributed by atoms with Crippen LogP contribution in [0.5, 0.6) is 5.75 Å². The van der Waals surface area contributed by atoms with Crippen molar-refractivity contribution in [2.24, 2.45) is 7.05 Å². The van der Waals surface area contributed by atoms with Crippen LogP contribution in [0.4, 0.5) is 0 Å². The average molecular weight is 493 g/mol. The van der Waals surface area contributed by atoms with Gasteiger partial charge in [0.2, 0.25) is 5.91 Å². The van der Waals surface area contributed by atoms with Gasteiger partial charge in [0.1, 0.15) is 12.4 Å². The van der Waals surface area contributed by atoms with Crippen LogP contribution in [0.15, 0.2) is 90.1 Å². The van der Waals surface area contributed by atoms with Gasteiger partial charge < -0.3 is 14.6 Å². The minimum absolute atomic E-state index is 0.0633. The van der Waals surface area contributed by atoms with Crippen molar-refractivity contribution < 1.29 is 9.53 Å². The molecule has 6 nitrogen and oxygen atoms in total. The maximum atomic E-state index is 12.8. The third kappa shape index (κ3) is 6.40. The number of rotatable bonds is 10. The normalized spacial score (nSPS) is 11.7. The van der Waals surface area contributed by atoms with Gasteiger partial charge >= 0.3 is 0 Å². The second kappa shape index (κ2) is 11.7. The van der Waals surface area contributed by atoms with Gasteiger partial charge in [-0.15, -0.1) is 10.2 Å². The second-order valence-corrected chi connectivity index (χ2v) is 9.04. The summed E-state index contributed by atoms with van der Waals surface area (Å²) in [7, 11) is 1.85. The zero-order valence-electron chi connectivity index (χ0n) is 18.7. The first-order valence-corrected chi connectivity index (χ1v) is 12.2. The highest BCUT2D eigenvalue weighted by Gasteiger charge is 2.17. The number of ether oxygens (including phenoxy) is 1. The molecule has 34 heavy (non-hydrogen) atoms. The lowest BCUT2D eigenvalue weighted by Gasteiger charge is -2.19. The van der Waals surface area contributed by atoms with Crippen molar-refractivity contribution in [3.63, 3.8) is 0 Å². The van der Waals surface area contributed by atoms with E-state index in [-0.39, 0.29) is 24.3 Å². The first-order chi connectivity index (χ1) is 16.6. The summed E-state index contributed by atoms with van der Waals surface area (Å²) < 4.78 is 7.58. The molecule has 0 bridgehead atoms. The Morgan fingerprint density at radius 1 is 1.00 bits per heavy atom. The van der Waals surface area contributed by atoms with Gasteiger partial charge in [-0.05, 0) is 29.7 Å². The highest BCUT2D eigenvalue weighted by molar-refractivity contribution is 7.99. The molecule has 1 aromatic heterocycles. The molecule has 4 rings (SSSR count). The number of hydrogen-bond donors (Lipinski definition) is 1. The van der Waals surface area contributed by atoms with E-state index in [9.17, 15) is 4.79 Å². The molecule has 0 spiro atoms. The Labute approximate surface area is 208 Å². The first-order valence-electron chi connectivity index (χ1n) is 10.9. The van der Waals surface area contributed by atoms with Crippen LogP contribution < -0.4 is 10.1 Å². The van der Waals surface area contributed by atoms with Gasteiger partial charge in [0.15, 0.2) is 11.0 Å². The number of carbonyl (C=O) groups excluding carboxylic acids is 1. The van der Waals surface area contributed by atoms with Crippen LogP contribution >= 0.6 is 23.4 Å². The lowest BCUT2D eigenvalue weighted by atomic mass is 9.99. The number of carbonyl (C=O) groups is 1. The van der Waals surface area contributed by atoms with Crippen molar-refractivity contribution in [1.82, 2.24) is 20.1 Å². The molecule has 0 saturated carbocycles. The Bertz CT molecular complexity index is 1220. The molecule has 3 aromatic carbocycles. The van der Waals surface area contributed by atoms with Gasteiger partial charge in [-0.2, -0.15) is 0 Å². The summed E-state index contributed by atoms with van der Waals surface area (Å²) in [6, 6.07) is 27.3. The van der Waals surface area contributed by atoms with Crippen LogP contribution in [0, 0.1) is 0 Å². The number of amides is 1. The van der Waals surface area contributed by atoms with Crippen molar-refractivity contribution in [3.05, 3.63) is 107 Å². The molecule has 0 aliphatic rings. The van der Waals surface area contributed by atoms with Crippen molar-refractivity contribution in [2.75, 3.05) is 5.75 Å². The maximum absolute atomic E-state index is 12.8. The van der Waals surface area contributed by atoms with E-state index in [4.69, 9.17) is 16.3 Å². The van der Waals surface area contributed by atoms with Gasteiger partial charge in [-0.1, -0.05) is 96.2 Å². The van der Waals surface area contributed by atoms with Crippen molar-refractivity contribution in [2.45, 2.75) is 24.2 Å². The minimum atomic E-state index is -0.115. The largest absolute Gasteiger partial charge is 0.484 e. The highest BCUT2D eigenvalue weighted by Crippen LogP contribution is 2.25. The maximum Gasteiger partial charge on any atom is 0.230 e. The summed E-state index contributed by atoms with van der Waals surface area (Å²) >= 11 is 7.48. The van der Waals surface area contributed by atoms with Crippen LogP contribution in [0.1, 0.15) is 23.0 Å². The van der Waals surface area contributed by atoms with Gasteiger partial charge in [0, 0.05) is 7.05 Å². The number of nitrogens with zero attached hydrogens (tertiary/aromatic N) is 3. The average Bonchev–Trinajstić information content (AvgIpc) is 3.22. The Balaban J connectivity index is 1.35. The number of benzene rings is 3. The fraction of sp³-hybridized carbons (Fsp3) is 0.192. The molecule has 0 radical (unpaired) electrons. The summed E-state index contributed by atoms with van der Waals surface area (Å²) in [5, 5.41) is 12.8. The predicted octanol–water partition coefficient (Wildman–Crippen LogP) is 5.24. The van der Waals surface area contributed by atoms with Crippen LogP contribution in [-0.4, -0.2) is 26.4 Å². The molecule has 0 saturated heterocycles. The molecule has 1 atom stereocenters. The quantitative estimate of drug-likeness (QED) is 0.306. The van der Waals surface area contributed by atoms with Crippen LogP contribution in [0.25, 0.3) is 0 Å². The SMILES string of the molecule is Cn1c(COc2ccccc2Cl)nnc1SCC(=O)NC(Cc1ccccc1)c1ccccc1. The summed E-state index contributed by atoms with van der Waals surface area (Å²) in [5.41, 5.74) is 2.24. The van der Waals surface area contributed by atoms with Crippen LogP contribution in [0.3, 0.4) is 0 Å². The molecule has 0 aliphatic heterocycles. The Morgan fingerprint density at radius 3 is 2.41 bits per heavy atom. The van der Waals surface area contributed by atoms with Crippen molar-refractivity contribution in [3.8, 4) is 5.75 Å².